The maximum atomic E-state index is 12.8. The summed E-state index contributed by atoms with van der Waals surface area (Å²) >= 11 is 0. The molecule has 16 nitrogen and oxygen atoms in total. The quantitative estimate of drug-likeness (QED) is 0.0144. The highest BCUT2D eigenvalue weighted by atomic mass is 31.2. The smallest absolute Gasteiger partial charge is 0.462 e. The topological polar surface area (TPSA) is 253 Å². The van der Waals surface area contributed by atoms with Gasteiger partial charge in [-0.2, -0.15) is 0 Å². The number of allylic oxidation sites excluding steroid dienone is 8. The van der Waals surface area contributed by atoms with Crippen molar-refractivity contribution in [3.8, 4) is 0 Å². The fourth-order valence-corrected chi connectivity index (χ4v) is 8.21. The Balaban J connectivity index is 2.53. The number of phosphoric acid groups is 2. The Kier molecular flexibility index (Phi) is 35.6. The van der Waals surface area contributed by atoms with Crippen molar-refractivity contribution in [2.75, 3.05) is 26.4 Å². The van der Waals surface area contributed by atoms with E-state index in [1.165, 1.54) is 19.3 Å². The Bertz CT molecular complexity index is 1560. The minimum atomic E-state index is -4.90. The zero-order chi connectivity index (χ0) is 48.9. The Morgan fingerprint density at radius 1 is 0.667 bits per heavy atom. The minimum Gasteiger partial charge on any atom is -0.462 e. The number of aliphatic hydroxyl groups is 3. The van der Waals surface area contributed by atoms with Crippen LogP contribution in [0.2, 0.25) is 0 Å². The van der Waals surface area contributed by atoms with Gasteiger partial charge in [-0.3, -0.25) is 28.0 Å². The van der Waals surface area contributed by atoms with Crippen molar-refractivity contribution in [1.82, 2.24) is 0 Å². The standard InChI is InChI=1S/C48H82O16P2/c1-3-5-7-8-9-10-11-12-13-14-15-16-17-18-19-20-21-22-27-31-47(53)60-38-42(39-63-66(58,59)62-37-41(50)36-61-65(55,56)57)64-48(54)32-28-24-23-26-30-43-44(46(52)35-45(43)51)34-33-40(49)29-25-6-4-2/h9-10,12-13,15-16,18-19,33-34,40-44,46,49-50,52H,3-8,11,14,17,20-32,35-39H2,1-2H3,(H,58,59)(H2,55,56,57)/b10-9-,13-12-,16-15-,19-18-,34-33+/t40-,41-,42+,43+,44+,46+/m0/s1. The van der Waals surface area contributed by atoms with E-state index in [4.69, 9.17) is 23.8 Å². The summed E-state index contributed by atoms with van der Waals surface area (Å²) in [6, 6.07) is 0. The van der Waals surface area contributed by atoms with Gasteiger partial charge >= 0.3 is 27.6 Å². The van der Waals surface area contributed by atoms with Gasteiger partial charge in [0.25, 0.3) is 0 Å². The van der Waals surface area contributed by atoms with Crippen LogP contribution in [-0.2, 0) is 46.6 Å². The van der Waals surface area contributed by atoms with Gasteiger partial charge in [-0.25, -0.2) is 9.13 Å². The summed E-state index contributed by atoms with van der Waals surface area (Å²) < 4.78 is 47.9. The molecule has 0 aromatic carbocycles. The number of rotatable bonds is 41. The Morgan fingerprint density at radius 2 is 1.20 bits per heavy atom. The van der Waals surface area contributed by atoms with Crippen LogP contribution in [0.1, 0.15) is 162 Å². The van der Waals surface area contributed by atoms with Crippen LogP contribution in [0.5, 0.6) is 0 Å². The van der Waals surface area contributed by atoms with Crippen LogP contribution in [0.25, 0.3) is 0 Å². The highest BCUT2D eigenvalue weighted by Crippen LogP contribution is 2.44. The number of carbonyl (C=O) groups is 3. The van der Waals surface area contributed by atoms with Gasteiger partial charge in [0.1, 0.15) is 18.5 Å². The molecule has 0 heterocycles. The highest BCUT2D eigenvalue weighted by Gasteiger charge is 2.39. The lowest BCUT2D eigenvalue weighted by Gasteiger charge is -2.20. The lowest BCUT2D eigenvalue weighted by Crippen LogP contribution is -2.30. The summed E-state index contributed by atoms with van der Waals surface area (Å²) in [5.74, 6) is -1.93. The Morgan fingerprint density at radius 3 is 1.82 bits per heavy atom. The zero-order valence-electron chi connectivity index (χ0n) is 39.5. The molecule has 0 radical (unpaired) electrons. The lowest BCUT2D eigenvalue weighted by molar-refractivity contribution is -0.161. The van der Waals surface area contributed by atoms with E-state index < -0.39 is 78.4 Å². The lowest BCUT2D eigenvalue weighted by atomic mass is 9.88. The SMILES string of the molecule is CCCCC/C=C\C/C=C\C/C=C\C/C=C\CCCCCC(=O)OC[C@H](COP(=O)(O)OC[C@@H](O)COP(=O)(O)O)OC(=O)CCCCCC[C@H]1C(=O)C[C@@H](O)[C@@H]1/C=C/[C@@H](O)CCCCC. The molecule has 1 aliphatic carbocycles. The van der Waals surface area contributed by atoms with E-state index in [1.54, 1.807) is 12.2 Å². The van der Waals surface area contributed by atoms with E-state index in [0.29, 0.717) is 44.9 Å². The van der Waals surface area contributed by atoms with Crippen LogP contribution in [-0.4, -0.2) is 98.6 Å². The molecule has 380 valence electrons. The first-order valence-electron chi connectivity index (χ1n) is 24.1. The number of hydrogen-bond acceptors (Lipinski definition) is 13. The first kappa shape index (κ1) is 61.4. The number of hydrogen-bond donors (Lipinski definition) is 6. The molecule has 18 heteroatoms. The van der Waals surface area contributed by atoms with E-state index in [-0.39, 0.29) is 36.9 Å². The predicted molar refractivity (Wildman–Crippen MR) is 254 cm³/mol. The third-order valence-electron chi connectivity index (χ3n) is 10.8. The van der Waals surface area contributed by atoms with Gasteiger partial charge in [0, 0.05) is 31.1 Å². The van der Waals surface area contributed by atoms with Crippen molar-refractivity contribution in [3.05, 3.63) is 60.8 Å². The molecule has 7 atom stereocenters. The summed E-state index contributed by atoms with van der Waals surface area (Å²) in [5.41, 5.74) is 0. The van der Waals surface area contributed by atoms with Gasteiger partial charge in [0.05, 0.1) is 32.0 Å². The molecule has 0 aromatic heterocycles. The first-order chi connectivity index (χ1) is 31.6. The van der Waals surface area contributed by atoms with Crippen LogP contribution in [0.3, 0.4) is 0 Å². The van der Waals surface area contributed by atoms with Gasteiger partial charge in [-0.05, 0) is 70.6 Å². The summed E-state index contributed by atoms with van der Waals surface area (Å²) in [7, 11) is -9.79. The molecule has 0 aromatic rings. The number of aliphatic hydroxyl groups excluding tert-OH is 3. The molecule has 0 spiro atoms. The maximum Gasteiger partial charge on any atom is 0.472 e. The number of unbranched alkanes of at least 4 members (excludes halogenated alkanes) is 11. The van der Waals surface area contributed by atoms with Crippen molar-refractivity contribution < 1.29 is 76.6 Å². The fraction of sp³-hybridized carbons (Fsp3) is 0.729. The number of phosphoric ester groups is 2. The van der Waals surface area contributed by atoms with Crippen molar-refractivity contribution in [2.24, 2.45) is 11.8 Å². The number of ketones is 1. The molecule has 0 bridgehead atoms. The number of Topliss-reactive ketones (excluding diaryl/α,β-unsaturated/α-hetero) is 1. The molecular weight excluding hydrogens is 894 g/mol. The van der Waals surface area contributed by atoms with Crippen LogP contribution in [0.4, 0.5) is 0 Å². The number of ether oxygens (including phenoxy) is 2. The number of carbonyl (C=O) groups excluding carboxylic acids is 3. The van der Waals surface area contributed by atoms with Gasteiger partial charge < -0.3 is 39.5 Å². The first-order valence-corrected chi connectivity index (χ1v) is 27.1. The van der Waals surface area contributed by atoms with Crippen molar-refractivity contribution in [3.63, 3.8) is 0 Å². The second kappa shape index (κ2) is 38.3. The van der Waals surface area contributed by atoms with Crippen LogP contribution >= 0.6 is 15.6 Å². The maximum absolute atomic E-state index is 12.8. The van der Waals surface area contributed by atoms with E-state index in [0.717, 1.165) is 64.2 Å². The monoisotopic (exact) mass is 977 g/mol. The summed E-state index contributed by atoms with van der Waals surface area (Å²) in [6.45, 7) is 1.32. The van der Waals surface area contributed by atoms with Crippen molar-refractivity contribution in [1.29, 1.82) is 0 Å². The zero-order valence-corrected chi connectivity index (χ0v) is 41.3. The molecule has 66 heavy (non-hydrogen) atoms. The third-order valence-corrected chi connectivity index (χ3v) is 12.2. The third kappa shape index (κ3) is 34.7. The van der Waals surface area contributed by atoms with Crippen molar-refractivity contribution >= 4 is 33.4 Å². The normalized spacial score (nSPS) is 19.5. The predicted octanol–water partition coefficient (Wildman–Crippen LogP) is 9.38. The van der Waals surface area contributed by atoms with E-state index in [1.807, 2.05) is 0 Å². The second-order valence-electron chi connectivity index (χ2n) is 16.8. The largest absolute Gasteiger partial charge is 0.472 e. The molecule has 1 unspecified atom stereocenters. The average molecular weight is 977 g/mol. The Labute approximate surface area is 393 Å². The second-order valence-corrected chi connectivity index (χ2v) is 19.5. The summed E-state index contributed by atoms with van der Waals surface area (Å²) in [5, 5.41) is 30.6. The fourth-order valence-electron chi connectivity index (χ4n) is 7.05. The molecule has 1 rings (SSSR count). The summed E-state index contributed by atoms with van der Waals surface area (Å²) in [4.78, 5) is 65.7. The average Bonchev–Trinajstić information content (AvgIpc) is 3.54. The van der Waals surface area contributed by atoms with E-state index in [9.17, 15) is 43.7 Å². The van der Waals surface area contributed by atoms with E-state index in [2.05, 4.69) is 71.5 Å². The molecule has 1 saturated carbocycles. The number of esters is 2. The van der Waals surface area contributed by atoms with Gasteiger partial charge in [0.15, 0.2) is 6.10 Å². The molecule has 0 saturated heterocycles. The van der Waals surface area contributed by atoms with Gasteiger partial charge in [-0.15, -0.1) is 0 Å². The molecule has 0 amide bonds. The van der Waals surface area contributed by atoms with Gasteiger partial charge in [0.2, 0.25) is 0 Å². The molecule has 0 aliphatic heterocycles. The van der Waals surface area contributed by atoms with Crippen LogP contribution in [0.15, 0.2) is 60.8 Å². The Hall–Kier alpha value is -2.59. The van der Waals surface area contributed by atoms with E-state index >= 15 is 0 Å². The molecular formula is C48H82O16P2. The molecule has 1 fully saturated rings. The minimum absolute atomic E-state index is 0.00338. The molecule has 6 N–H and O–H groups in total. The van der Waals surface area contributed by atoms with Crippen molar-refractivity contribution in [2.45, 2.75) is 186 Å². The molecule has 1 aliphatic rings. The highest BCUT2D eigenvalue weighted by molar-refractivity contribution is 7.47. The van der Waals surface area contributed by atoms with Crippen LogP contribution < -0.4 is 0 Å². The summed E-state index contributed by atoms with van der Waals surface area (Å²) in [6.07, 6.45) is 33.9. The van der Waals surface area contributed by atoms with Crippen LogP contribution in [0, 0.1) is 11.8 Å². The van der Waals surface area contributed by atoms with Gasteiger partial charge in [-0.1, -0.05) is 132 Å².